The van der Waals surface area contributed by atoms with Crippen molar-refractivity contribution in [2.24, 2.45) is 0 Å². The molecule has 2 heterocycles. The summed E-state index contributed by atoms with van der Waals surface area (Å²) in [6.45, 7) is 3.67. The zero-order valence-corrected chi connectivity index (χ0v) is 22.6. The standard InChI is InChI=1S/C32H26F2N4O3/c1-17-15-18(2)23(29(39)38-32(11-12-32)31-36-13-4-14-37-31)16-22(17)21-9-10-24-25(27(21)34)26(30(40)35-3)28(41-24)19-5-7-20(33)8-6-19/h4-10,13-16H,11-12H2,1-3H3,(H,35,40)(H,38,39). The summed E-state index contributed by atoms with van der Waals surface area (Å²) in [5.41, 5.74) is 2.62. The maximum Gasteiger partial charge on any atom is 0.255 e. The number of carbonyl (C=O) groups is 2. The second kappa shape index (κ2) is 9.92. The Hall–Kier alpha value is -4.92. The molecule has 206 valence electrons. The molecule has 0 bridgehead atoms. The lowest BCUT2D eigenvalue weighted by molar-refractivity contribution is 0.0926. The Labute approximate surface area is 234 Å². The van der Waals surface area contributed by atoms with Gasteiger partial charge >= 0.3 is 0 Å². The first-order chi connectivity index (χ1) is 19.7. The number of amides is 2. The largest absolute Gasteiger partial charge is 0.455 e. The molecule has 1 aliphatic carbocycles. The van der Waals surface area contributed by atoms with E-state index < -0.39 is 23.1 Å². The normalized spacial score (nSPS) is 13.7. The molecule has 5 aromatic rings. The zero-order chi connectivity index (χ0) is 28.9. The highest BCUT2D eigenvalue weighted by atomic mass is 19.1. The molecule has 0 radical (unpaired) electrons. The summed E-state index contributed by atoms with van der Waals surface area (Å²) in [5.74, 6) is -1.26. The number of nitrogens with zero attached hydrogens (tertiary/aromatic N) is 2. The van der Waals surface area contributed by atoms with Gasteiger partial charge in [-0.15, -0.1) is 0 Å². The van der Waals surface area contributed by atoms with Crippen molar-refractivity contribution in [3.05, 3.63) is 107 Å². The summed E-state index contributed by atoms with van der Waals surface area (Å²) in [7, 11) is 1.44. The Kier molecular flexibility index (Phi) is 6.37. The highest BCUT2D eigenvalue weighted by Gasteiger charge is 2.48. The van der Waals surface area contributed by atoms with Crippen LogP contribution in [-0.4, -0.2) is 28.8 Å². The van der Waals surface area contributed by atoms with Crippen molar-refractivity contribution in [2.75, 3.05) is 7.05 Å². The van der Waals surface area contributed by atoms with Crippen LogP contribution in [0.1, 0.15) is 50.5 Å². The molecule has 0 unspecified atom stereocenters. The summed E-state index contributed by atoms with van der Waals surface area (Å²) in [6.07, 6.45) is 4.75. The summed E-state index contributed by atoms with van der Waals surface area (Å²) in [4.78, 5) is 35.1. The Morgan fingerprint density at radius 2 is 1.61 bits per heavy atom. The number of aromatic nitrogens is 2. The fraction of sp³-hybridized carbons (Fsp3) is 0.188. The third-order valence-electron chi connectivity index (χ3n) is 7.56. The van der Waals surface area contributed by atoms with Gasteiger partial charge in [0.1, 0.15) is 28.5 Å². The molecule has 0 atom stereocenters. The number of nitrogens with one attached hydrogen (secondary N) is 2. The average Bonchev–Trinajstić information content (AvgIpc) is 3.64. The van der Waals surface area contributed by atoms with Crippen molar-refractivity contribution in [1.82, 2.24) is 20.6 Å². The molecule has 2 aromatic heterocycles. The van der Waals surface area contributed by atoms with Gasteiger partial charge in [0.15, 0.2) is 5.82 Å². The van der Waals surface area contributed by atoms with Gasteiger partial charge in [0, 0.05) is 36.1 Å². The van der Waals surface area contributed by atoms with Gasteiger partial charge in [-0.05, 0) is 91.9 Å². The summed E-state index contributed by atoms with van der Waals surface area (Å²) < 4.78 is 35.9. The number of hydrogen-bond acceptors (Lipinski definition) is 5. The number of rotatable bonds is 6. The Bertz CT molecular complexity index is 1830. The molecule has 0 spiro atoms. The topological polar surface area (TPSA) is 97.1 Å². The Morgan fingerprint density at radius 1 is 0.902 bits per heavy atom. The van der Waals surface area contributed by atoms with Crippen molar-refractivity contribution in [1.29, 1.82) is 0 Å². The number of benzene rings is 3. The zero-order valence-electron chi connectivity index (χ0n) is 22.6. The summed E-state index contributed by atoms with van der Waals surface area (Å²) in [6, 6.07) is 13.8. The van der Waals surface area contributed by atoms with Crippen molar-refractivity contribution in [3.8, 4) is 22.5 Å². The first-order valence-electron chi connectivity index (χ1n) is 13.2. The highest BCUT2D eigenvalue weighted by molar-refractivity contribution is 6.12. The lowest BCUT2D eigenvalue weighted by Gasteiger charge is -2.18. The molecular weight excluding hydrogens is 526 g/mol. The molecule has 1 saturated carbocycles. The molecule has 1 fully saturated rings. The second-order valence-corrected chi connectivity index (χ2v) is 10.3. The lowest BCUT2D eigenvalue weighted by Crippen LogP contribution is -2.36. The second-order valence-electron chi connectivity index (χ2n) is 10.3. The van der Waals surface area contributed by atoms with Crippen molar-refractivity contribution >= 4 is 22.8 Å². The first-order valence-corrected chi connectivity index (χ1v) is 13.2. The van der Waals surface area contributed by atoms with Gasteiger partial charge in [0.2, 0.25) is 0 Å². The van der Waals surface area contributed by atoms with Gasteiger partial charge in [-0.25, -0.2) is 18.7 Å². The van der Waals surface area contributed by atoms with Crippen molar-refractivity contribution in [2.45, 2.75) is 32.2 Å². The van der Waals surface area contributed by atoms with E-state index in [2.05, 4.69) is 20.6 Å². The molecule has 6 rings (SSSR count). The molecular formula is C32H26F2N4O3. The first kappa shape index (κ1) is 26.3. The van der Waals surface area contributed by atoms with E-state index in [0.717, 1.165) is 24.0 Å². The molecule has 1 aliphatic rings. The minimum absolute atomic E-state index is 0.00492. The predicted octanol–water partition coefficient (Wildman–Crippen LogP) is 6.23. The number of halogens is 2. The number of aryl methyl sites for hydroxylation is 2. The SMILES string of the molecule is CNC(=O)c1c(-c2ccc(F)cc2)oc2ccc(-c3cc(C(=O)NC4(c5ncccn5)CC4)c(C)cc3C)c(F)c12. The van der Waals surface area contributed by atoms with Crippen LogP contribution in [0.15, 0.2) is 71.4 Å². The lowest BCUT2D eigenvalue weighted by atomic mass is 9.92. The van der Waals surface area contributed by atoms with Crippen LogP contribution in [0.2, 0.25) is 0 Å². The van der Waals surface area contributed by atoms with E-state index in [0.29, 0.717) is 22.5 Å². The number of fused-ring (bicyclic) bond motifs is 1. The molecule has 0 saturated heterocycles. The molecule has 2 N–H and O–H groups in total. The quantitative estimate of drug-likeness (QED) is 0.260. The van der Waals surface area contributed by atoms with Gasteiger partial charge < -0.3 is 15.1 Å². The fourth-order valence-corrected chi connectivity index (χ4v) is 5.25. The third-order valence-corrected chi connectivity index (χ3v) is 7.56. The van der Waals surface area contributed by atoms with Gasteiger partial charge in [-0.3, -0.25) is 9.59 Å². The van der Waals surface area contributed by atoms with Crippen LogP contribution in [0.5, 0.6) is 0 Å². The smallest absolute Gasteiger partial charge is 0.255 e. The van der Waals surface area contributed by atoms with Gasteiger partial charge in [-0.2, -0.15) is 0 Å². The third kappa shape index (κ3) is 4.53. The summed E-state index contributed by atoms with van der Waals surface area (Å²) in [5, 5.41) is 5.64. The molecule has 9 heteroatoms. The van der Waals surface area contributed by atoms with Crippen LogP contribution in [0, 0.1) is 25.5 Å². The minimum Gasteiger partial charge on any atom is -0.455 e. The fourth-order valence-electron chi connectivity index (χ4n) is 5.25. The van der Waals surface area contributed by atoms with Crippen LogP contribution in [0.25, 0.3) is 33.4 Å². The molecule has 3 aromatic carbocycles. The van der Waals surface area contributed by atoms with Crippen LogP contribution in [0.4, 0.5) is 8.78 Å². The predicted molar refractivity (Wildman–Crippen MR) is 150 cm³/mol. The molecule has 41 heavy (non-hydrogen) atoms. The van der Waals surface area contributed by atoms with Crippen LogP contribution >= 0.6 is 0 Å². The van der Waals surface area contributed by atoms with E-state index in [1.165, 1.54) is 31.3 Å². The van der Waals surface area contributed by atoms with Crippen molar-refractivity contribution < 1.29 is 22.8 Å². The molecule has 0 aliphatic heterocycles. The number of carbonyl (C=O) groups excluding carboxylic acids is 2. The van der Waals surface area contributed by atoms with E-state index in [1.54, 1.807) is 36.7 Å². The van der Waals surface area contributed by atoms with Gasteiger partial charge in [0.25, 0.3) is 11.8 Å². The minimum atomic E-state index is -0.659. The maximum atomic E-state index is 16.4. The summed E-state index contributed by atoms with van der Waals surface area (Å²) >= 11 is 0. The number of furan rings is 1. The van der Waals surface area contributed by atoms with E-state index in [-0.39, 0.29) is 33.8 Å². The highest BCUT2D eigenvalue weighted by Crippen LogP contribution is 2.44. The Morgan fingerprint density at radius 3 is 2.27 bits per heavy atom. The van der Waals surface area contributed by atoms with Crippen LogP contribution < -0.4 is 10.6 Å². The number of hydrogen-bond donors (Lipinski definition) is 2. The van der Waals surface area contributed by atoms with Gasteiger partial charge in [-0.1, -0.05) is 6.07 Å². The van der Waals surface area contributed by atoms with Crippen molar-refractivity contribution in [3.63, 3.8) is 0 Å². The average molecular weight is 553 g/mol. The van der Waals surface area contributed by atoms with E-state index in [9.17, 15) is 14.0 Å². The molecule has 7 nitrogen and oxygen atoms in total. The van der Waals surface area contributed by atoms with Crippen LogP contribution in [-0.2, 0) is 5.54 Å². The van der Waals surface area contributed by atoms with Crippen LogP contribution in [0.3, 0.4) is 0 Å². The van der Waals surface area contributed by atoms with E-state index >= 15 is 4.39 Å². The van der Waals surface area contributed by atoms with E-state index in [4.69, 9.17) is 4.42 Å². The Balaban J connectivity index is 1.45. The molecule has 2 amide bonds. The monoisotopic (exact) mass is 552 g/mol. The maximum absolute atomic E-state index is 16.4. The van der Waals surface area contributed by atoms with Gasteiger partial charge in [0.05, 0.1) is 10.9 Å². The van der Waals surface area contributed by atoms with E-state index in [1.807, 2.05) is 19.9 Å².